The summed E-state index contributed by atoms with van der Waals surface area (Å²) in [7, 11) is 0. The molecular formula is C20H21ClN4O2. The number of aromatic nitrogens is 3. The molecule has 6 nitrogen and oxygen atoms in total. The van der Waals surface area contributed by atoms with Gasteiger partial charge in [0.1, 0.15) is 5.15 Å². The van der Waals surface area contributed by atoms with Crippen LogP contribution in [0.5, 0.6) is 0 Å². The van der Waals surface area contributed by atoms with Gasteiger partial charge in [-0.25, -0.2) is 4.98 Å². The molecule has 0 amide bonds. The smallest absolute Gasteiger partial charge is 0.241 e. The lowest BCUT2D eigenvalue weighted by atomic mass is 9.85. The van der Waals surface area contributed by atoms with Gasteiger partial charge in [0.25, 0.3) is 0 Å². The molecule has 0 saturated carbocycles. The molecule has 0 bridgehead atoms. The zero-order chi connectivity index (χ0) is 18.7. The third kappa shape index (κ3) is 4.35. The van der Waals surface area contributed by atoms with Gasteiger partial charge in [-0.1, -0.05) is 47.1 Å². The van der Waals surface area contributed by atoms with E-state index in [0.717, 1.165) is 25.9 Å². The van der Waals surface area contributed by atoms with Crippen LogP contribution in [0, 0.1) is 0 Å². The summed E-state index contributed by atoms with van der Waals surface area (Å²) < 4.78 is 5.37. The molecule has 1 aromatic carbocycles. The highest BCUT2D eigenvalue weighted by molar-refractivity contribution is 6.31. The molecule has 0 aliphatic carbocycles. The molecule has 1 aliphatic heterocycles. The molecule has 3 heterocycles. The van der Waals surface area contributed by atoms with E-state index in [-0.39, 0.29) is 0 Å². The molecule has 27 heavy (non-hydrogen) atoms. The molecule has 0 radical (unpaired) electrons. The van der Waals surface area contributed by atoms with Crippen LogP contribution in [0.25, 0.3) is 11.4 Å². The van der Waals surface area contributed by atoms with Gasteiger partial charge >= 0.3 is 0 Å². The molecule has 4 rings (SSSR count). The van der Waals surface area contributed by atoms with Gasteiger partial charge < -0.3 is 9.63 Å². The van der Waals surface area contributed by atoms with Crippen LogP contribution >= 0.6 is 11.6 Å². The van der Waals surface area contributed by atoms with Crippen molar-refractivity contribution >= 4 is 11.6 Å². The first-order valence-corrected chi connectivity index (χ1v) is 9.41. The van der Waals surface area contributed by atoms with E-state index < -0.39 is 5.60 Å². The lowest BCUT2D eigenvalue weighted by molar-refractivity contribution is -0.0242. The molecule has 7 heteroatoms. The van der Waals surface area contributed by atoms with Crippen LogP contribution in [0.4, 0.5) is 0 Å². The maximum Gasteiger partial charge on any atom is 0.241 e. The minimum absolute atomic E-state index is 0.355. The van der Waals surface area contributed by atoms with Crippen LogP contribution in [-0.4, -0.2) is 43.8 Å². The summed E-state index contributed by atoms with van der Waals surface area (Å²) in [5, 5.41) is 15.3. The van der Waals surface area contributed by atoms with Crippen molar-refractivity contribution in [1.29, 1.82) is 0 Å². The third-order valence-electron chi connectivity index (χ3n) is 4.99. The fourth-order valence-electron chi connectivity index (χ4n) is 3.45. The monoisotopic (exact) mass is 384 g/mol. The summed E-state index contributed by atoms with van der Waals surface area (Å²) in [6.07, 6.45) is 3.75. The van der Waals surface area contributed by atoms with Gasteiger partial charge in [0.15, 0.2) is 0 Å². The van der Waals surface area contributed by atoms with E-state index in [0.29, 0.717) is 35.4 Å². The second-order valence-electron chi connectivity index (χ2n) is 7.02. The van der Waals surface area contributed by atoms with Gasteiger partial charge in [-0.15, -0.1) is 0 Å². The lowest BCUT2D eigenvalue weighted by Crippen LogP contribution is -2.45. The second kappa shape index (κ2) is 7.76. The quantitative estimate of drug-likeness (QED) is 0.680. The molecule has 2 aromatic heterocycles. The van der Waals surface area contributed by atoms with Crippen molar-refractivity contribution in [2.75, 3.05) is 13.1 Å². The van der Waals surface area contributed by atoms with E-state index in [9.17, 15) is 5.11 Å². The zero-order valence-corrected chi connectivity index (χ0v) is 15.6. The molecule has 0 unspecified atom stereocenters. The second-order valence-corrected chi connectivity index (χ2v) is 7.37. The first-order chi connectivity index (χ1) is 13.1. The number of nitrogens with zero attached hydrogens (tertiary/aromatic N) is 4. The Morgan fingerprint density at radius 3 is 2.63 bits per heavy atom. The Hall–Kier alpha value is -2.28. The number of pyridine rings is 1. The average Bonchev–Trinajstić information content (AvgIpc) is 3.13. The third-order valence-corrected chi connectivity index (χ3v) is 5.29. The van der Waals surface area contributed by atoms with Gasteiger partial charge in [0.2, 0.25) is 11.7 Å². The van der Waals surface area contributed by atoms with E-state index in [1.165, 1.54) is 5.56 Å². The first-order valence-electron chi connectivity index (χ1n) is 9.03. The standard InChI is InChI=1S/C20H21ClN4O2/c21-18-16(7-4-10-22-18)19-23-17(27-24-19)14-25-11-8-20(26,9-12-25)13-15-5-2-1-3-6-15/h1-7,10,26H,8-9,11-14H2. The van der Waals surface area contributed by atoms with Crippen molar-refractivity contribution in [2.24, 2.45) is 0 Å². The van der Waals surface area contributed by atoms with Crippen molar-refractivity contribution in [3.8, 4) is 11.4 Å². The van der Waals surface area contributed by atoms with Crippen LogP contribution < -0.4 is 0 Å². The number of likely N-dealkylation sites (tertiary alicyclic amines) is 1. The largest absolute Gasteiger partial charge is 0.389 e. The predicted octanol–water partition coefficient (Wildman–Crippen LogP) is 3.35. The molecule has 1 saturated heterocycles. The Kier molecular flexibility index (Phi) is 5.20. The van der Waals surface area contributed by atoms with Crippen LogP contribution in [-0.2, 0) is 13.0 Å². The highest BCUT2D eigenvalue weighted by Gasteiger charge is 2.32. The van der Waals surface area contributed by atoms with Gasteiger partial charge in [0.05, 0.1) is 17.7 Å². The summed E-state index contributed by atoms with van der Waals surface area (Å²) >= 11 is 6.09. The molecular weight excluding hydrogens is 364 g/mol. The van der Waals surface area contributed by atoms with Crippen molar-refractivity contribution in [1.82, 2.24) is 20.0 Å². The predicted molar refractivity (Wildman–Crippen MR) is 102 cm³/mol. The molecule has 0 atom stereocenters. The number of piperidine rings is 1. The summed E-state index contributed by atoms with van der Waals surface area (Å²) in [4.78, 5) is 10.7. The zero-order valence-electron chi connectivity index (χ0n) is 14.9. The number of rotatable bonds is 5. The minimum atomic E-state index is -0.652. The maximum absolute atomic E-state index is 10.9. The topological polar surface area (TPSA) is 75.3 Å². The van der Waals surface area contributed by atoms with Crippen molar-refractivity contribution < 1.29 is 9.63 Å². The SMILES string of the molecule is OC1(Cc2ccccc2)CCN(Cc2nc(-c3cccnc3Cl)no2)CC1. The fourth-order valence-corrected chi connectivity index (χ4v) is 3.66. The van der Waals surface area contributed by atoms with Gasteiger partial charge in [-0.05, 0) is 30.5 Å². The number of aliphatic hydroxyl groups is 1. The summed E-state index contributed by atoms with van der Waals surface area (Å²) in [6, 6.07) is 13.7. The summed E-state index contributed by atoms with van der Waals surface area (Å²) in [5.74, 6) is 0.985. The van der Waals surface area contributed by atoms with Crippen LogP contribution in [0.3, 0.4) is 0 Å². The highest BCUT2D eigenvalue weighted by atomic mass is 35.5. The number of benzene rings is 1. The normalized spacial score (nSPS) is 17.1. The number of halogens is 1. The first kappa shape index (κ1) is 18.1. The van der Waals surface area contributed by atoms with Crippen LogP contribution in [0.15, 0.2) is 53.2 Å². The van der Waals surface area contributed by atoms with Gasteiger partial charge in [0, 0.05) is 25.7 Å². The Balaban J connectivity index is 1.35. The van der Waals surface area contributed by atoms with Gasteiger partial charge in [-0.2, -0.15) is 4.98 Å². The lowest BCUT2D eigenvalue weighted by Gasteiger charge is -2.37. The van der Waals surface area contributed by atoms with E-state index in [1.54, 1.807) is 12.3 Å². The Labute approximate surface area is 162 Å². The molecule has 0 spiro atoms. The Morgan fingerprint density at radius 1 is 1.11 bits per heavy atom. The number of hydrogen-bond acceptors (Lipinski definition) is 6. The van der Waals surface area contributed by atoms with Crippen LogP contribution in [0.2, 0.25) is 5.15 Å². The van der Waals surface area contributed by atoms with Gasteiger partial charge in [-0.3, -0.25) is 4.90 Å². The van der Waals surface area contributed by atoms with E-state index in [1.807, 2.05) is 24.3 Å². The molecule has 1 aliphatic rings. The molecule has 140 valence electrons. The Morgan fingerprint density at radius 2 is 1.89 bits per heavy atom. The van der Waals surface area contributed by atoms with E-state index in [2.05, 4.69) is 32.2 Å². The van der Waals surface area contributed by atoms with Crippen molar-refractivity contribution in [3.05, 3.63) is 65.3 Å². The maximum atomic E-state index is 10.9. The summed E-state index contributed by atoms with van der Waals surface area (Å²) in [5.41, 5.74) is 1.18. The summed E-state index contributed by atoms with van der Waals surface area (Å²) in [6.45, 7) is 2.13. The number of hydrogen-bond donors (Lipinski definition) is 1. The van der Waals surface area contributed by atoms with Crippen LogP contribution in [0.1, 0.15) is 24.3 Å². The highest BCUT2D eigenvalue weighted by Crippen LogP contribution is 2.28. The van der Waals surface area contributed by atoms with E-state index in [4.69, 9.17) is 16.1 Å². The average molecular weight is 385 g/mol. The fraction of sp³-hybridized carbons (Fsp3) is 0.350. The van der Waals surface area contributed by atoms with E-state index >= 15 is 0 Å². The molecule has 3 aromatic rings. The Bertz CT molecular complexity index is 892. The molecule has 1 fully saturated rings. The molecule has 1 N–H and O–H groups in total. The van der Waals surface area contributed by atoms with Crippen molar-refractivity contribution in [3.63, 3.8) is 0 Å². The minimum Gasteiger partial charge on any atom is -0.389 e. The van der Waals surface area contributed by atoms with Crippen molar-refractivity contribution in [2.45, 2.75) is 31.4 Å².